The second-order valence-corrected chi connectivity index (χ2v) is 4.91. The Balaban J connectivity index is 2.93. The minimum Gasteiger partial charge on any atom is -0.390 e. The number of likely N-dealkylation sites (N-methyl/N-ethyl adjacent to an activating group) is 1. The molecule has 0 atom stereocenters. The van der Waals surface area contributed by atoms with Crippen LogP contribution in [0.15, 0.2) is 35.3 Å². The molecule has 3 nitrogen and oxygen atoms in total. The third-order valence-corrected chi connectivity index (χ3v) is 3.44. The van der Waals surface area contributed by atoms with E-state index in [9.17, 15) is 0 Å². The molecule has 0 radical (unpaired) electrons. The maximum Gasteiger partial charge on any atom is 0.0554 e. The molecule has 2 N–H and O–H groups in total. The minimum absolute atomic E-state index is 0.959. The van der Waals surface area contributed by atoms with Crippen LogP contribution in [0.2, 0.25) is 0 Å². The molecule has 19 heavy (non-hydrogen) atoms. The number of allylic oxidation sites excluding steroid dienone is 3. The summed E-state index contributed by atoms with van der Waals surface area (Å²) in [6.45, 7) is 6.77. The molecule has 108 valence electrons. The predicted octanol–water partition coefficient (Wildman–Crippen LogP) is 2.99. The van der Waals surface area contributed by atoms with Gasteiger partial charge in [-0.25, -0.2) is 0 Å². The fourth-order valence-electron chi connectivity index (χ4n) is 2.34. The first-order valence-electron chi connectivity index (χ1n) is 7.48. The number of unbranched alkanes of at least 4 members (excludes halogenated alkanes) is 1. The molecule has 0 fully saturated rings. The highest BCUT2D eigenvalue weighted by atomic mass is 15.1. The molecule has 0 aliphatic heterocycles. The smallest absolute Gasteiger partial charge is 0.0554 e. The van der Waals surface area contributed by atoms with Crippen LogP contribution in [0.1, 0.15) is 39.5 Å². The first-order chi connectivity index (χ1) is 9.26. The Bertz CT molecular complexity index is 353. The molecule has 0 amide bonds. The van der Waals surface area contributed by atoms with Crippen molar-refractivity contribution in [1.82, 2.24) is 15.5 Å². The van der Waals surface area contributed by atoms with Gasteiger partial charge in [-0.1, -0.05) is 26.3 Å². The summed E-state index contributed by atoms with van der Waals surface area (Å²) in [5.74, 6) is 0. The van der Waals surface area contributed by atoms with Crippen LogP contribution in [0.3, 0.4) is 0 Å². The van der Waals surface area contributed by atoms with E-state index in [0.29, 0.717) is 0 Å². The zero-order valence-corrected chi connectivity index (χ0v) is 12.9. The first kappa shape index (κ1) is 15.7. The Morgan fingerprint density at radius 1 is 1.11 bits per heavy atom. The van der Waals surface area contributed by atoms with Crippen LogP contribution in [-0.4, -0.2) is 32.1 Å². The highest BCUT2D eigenvalue weighted by Crippen LogP contribution is 2.18. The highest BCUT2D eigenvalue weighted by Gasteiger charge is 2.10. The van der Waals surface area contributed by atoms with Gasteiger partial charge in [0.15, 0.2) is 0 Å². The van der Waals surface area contributed by atoms with E-state index in [1.54, 1.807) is 0 Å². The molecule has 0 unspecified atom stereocenters. The molecule has 1 aliphatic carbocycles. The van der Waals surface area contributed by atoms with Gasteiger partial charge in [0.2, 0.25) is 0 Å². The van der Waals surface area contributed by atoms with Crippen molar-refractivity contribution in [2.24, 2.45) is 0 Å². The Kier molecular flexibility index (Phi) is 7.16. The number of nitrogens with one attached hydrogen (secondary N) is 2. The minimum atomic E-state index is 0.959. The topological polar surface area (TPSA) is 27.3 Å². The largest absolute Gasteiger partial charge is 0.390 e. The maximum atomic E-state index is 3.30. The van der Waals surface area contributed by atoms with Crippen molar-refractivity contribution in [3.8, 4) is 0 Å². The Labute approximate surface area is 118 Å². The summed E-state index contributed by atoms with van der Waals surface area (Å²) < 4.78 is 0. The van der Waals surface area contributed by atoms with Crippen molar-refractivity contribution < 1.29 is 0 Å². The monoisotopic (exact) mass is 263 g/mol. The molecule has 1 rings (SSSR count). The molecule has 0 spiro atoms. The quantitative estimate of drug-likeness (QED) is 0.705. The van der Waals surface area contributed by atoms with Crippen molar-refractivity contribution >= 4 is 0 Å². The lowest BCUT2D eigenvalue weighted by molar-refractivity contribution is 0.347. The molecule has 3 heteroatoms. The van der Waals surface area contributed by atoms with E-state index in [2.05, 4.69) is 47.6 Å². The summed E-state index contributed by atoms with van der Waals surface area (Å²) in [7, 11) is 3.97. The van der Waals surface area contributed by atoms with E-state index < -0.39 is 0 Å². The van der Waals surface area contributed by atoms with Gasteiger partial charge in [0.25, 0.3) is 0 Å². The van der Waals surface area contributed by atoms with Crippen LogP contribution in [0.25, 0.3) is 0 Å². The van der Waals surface area contributed by atoms with Gasteiger partial charge in [0, 0.05) is 45.0 Å². The molecular formula is C16H29N3. The Hall–Kier alpha value is -1.38. The SMILES string of the molecule is CCCCN(CCC)C1=CC(NC)=C(NC)CC=C1. The van der Waals surface area contributed by atoms with Gasteiger partial charge in [-0.3, -0.25) is 0 Å². The van der Waals surface area contributed by atoms with Gasteiger partial charge >= 0.3 is 0 Å². The third kappa shape index (κ3) is 4.66. The first-order valence-corrected chi connectivity index (χ1v) is 7.48. The summed E-state index contributed by atoms with van der Waals surface area (Å²) in [6.07, 6.45) is 11.4. The van der Waals surface area contributed by atoms with Crippen LogP contribution in [0, 0.1) is 0 Å². The van der Waals surface area contributed by atoms with Crippen LogP contribution in [0.4, 0.5) is 0 Å². The highest BCUT2D eigenvalue weighted by molar-refractivity contribution is 5.35. The van der Waals surface area contributed by atoms with Crippen LogP contribution in [0.5, 0.6) is 0 Å². The van der Waals surface area contributed by atoms with Crippen LogP contribution in [-0.2, 0) is 0 Å². The second kappa shape index (κ2) is 8.68. The van der Waals surface area contributed by atoms with Crippen molar-refractivity contribution in [1.29, 1.82) is 0 Å². The lowest BCUT2D eigenvalue weighted by atomic mass is 10.2. The Morgan fingerprint density at radius 3 is 2.47 bits per heavy atom. The van der Waals surface area contributed by atoms with Crippen molar-refractivity contribution in [2.75, 3.05) is 27.2 Å². The van der Waals surface area contributed by atoms with E-state index in [-0.39, 0.29) is 0 Å². The number of rotatable bonds is 8. The Morgan fingerprint density at radius 2 is 1.89 bits per heavy atom. The summed E-state index contributed by atoms with van der Waals surface area (Å²) in [5.41, 5.74) is 3.77. The number of hydrogen-bond donors (Lipinski definition) is 2. The molecule has 0 aromatic rings. The third-order valence-electron chi connectivity index (χ3n) is 3.44. The van der Waals surface area contributed by atoms with Crippen molar-refractivity contribution in [3.63, 3.8) is 0 Å². The molecular weight excluding hydrogens is 234 g/mol. The zero-order valence-electron chi connectivity index (χ0n) is 12.9. The molecule has 0 saturated carbocycles. The second-order valence-electron chi connectivity index (χ2n) is 4.91. The van der Waals surface area contributed by atoms with Crippen LogP contribution < -0.4 is 10.6 Å². The molecule has 0 saturated heterocycles. The standard InChI is InChI=1S/C16H29N3/c1-5-7-12-19(11-6-2)14-9-8-10-15(17-3)16(13-14)18-4/h8-9,13,17-18H,5-7,10-12H2,1-4H3. The van der Waals surface area contributed by atoms with Crippen LogP contribution >= 0.6 is 0 Å². The van der Waals surface area contributed by atoms with E-state index in [1.807, 2.05) is 14.1 Å². The normalized spacial score (nSPS) is 15.1. The van der Waals surface area contributed by atoms with E-state index in [1.165, 1.54) is 36.4 Å². The zero-order chi connectivity index (χ0) is 14.1. The van der Waals surface area contributed by atoms with Gasteiger partial charge in [0.1, 0.15) is 0 Å². The number of nitrogens with zero attached hydrogens (tertiary/aromatic N) is 1. The van der Waals surface area contributed by atoms with Gasteiger partial charge in [-0.2, -0.15) is 0 Å². The molecule has 0 heterocycles. The van der Waals surface area contributed by atoms with E-state index >= 15 is 0 Å². The predicted molar refractivity (Wildman–Crippen MR) is 83.8 cm³/mol. The average molecular weight is 263 g/mol. The molecule has 1 aliphatic rings. The summed E-state index contributed by atoms with van der Waals surface area (Å²) >= 11 is 0. The summed E-state index contributed by atoms with van der Waals surface area (Å²) in [4.78, 5) is 2.50. The van der Waals surface area contributed by atoms with Crippen molar-refractivity contribution in [2.45, 2.75) is 39.5 Å². The number of hydrogen-bond acceptors (Lipinski definition) is 3. The molecule has 0 bridgehead atoms. The van der Waals surface area contributed by atoms with Gasteiger partial charge < -0.3 is 15.5 Å². The van der Waals surface area contributed by atoms with E-state index in [4.69, 9.17) is 0 Å². The van der Waals surface area contributed by atoms with Gasteiger partial charge in [0.05, 0.1) is 5.70 Å². The van der Waals surface area contributed by atoms with Gasteiger partial charge in [-0.05, 0) is 25.0 Å². The summed E-state index contributed by atoms with van der Waals surface area (Å²) in [5, 5.41) is 6.58. The molecule has 0 aromatic heterocycles. The molecule has 0 aromatic carbocycles. The maximum absolute atomic E-state index is 3.30. The van der Waals surface area contributed by atoms with Gasteiger partial charge in [-0.15, -0.1) is 0 Å². The summed E-state index contributed by atoms with van der Waals surface area (Å²) in [6, 6.07) is 0. The van der Waals surface area contributed by atoms with Crippen molar-refractivity contribution in [3.05, 3.63) is 35.3 Å². The lowest BCUT2D eigenvalue weighted by Crippen LogP contribution is -2.25. The fourth-order valence-corrected chi connectivity index (χ4v) is 2.34. The van der Waals surface area contributed by atoms with E-state index in [0.717, 1.165) is 19.5 Å². The fraction of sp³-hybridized carbons (Fsp3) is 0.625. The lowest BCUT2D eigenvalue weighted by Gasteiger charge is -2.25. The average Bonchev–Trinajstić information content (AvgIpc) is 2.65.